The monoisotopic (exact) mass is 352 g/mol. The Balaban J connectivity index is 2.13. The lowest BCUT2D eigenvalue weighted by atomic mass is 10.0. The summed E-state index contributed by atoms with van der Waals surface area (Å²) in [5.74, 6) is -0.642. The number of nitrogens with zero attached hydrogens (tertiary/aromatic N) is 1. The van der Waals surface area contributed by atoms with Crippen LogP contribution >= 0.6 is 0 Å². The largest absolute Gasteiger partial charge is 0.505 e. The van der Waals surface area contributed by atoms with Gasteiger partial charge < -0.3 is 20.3 Å². The summed E-state index contributed by atoms with van der Waals surface area (Å²) < 4.78 is 10.4. The zero-order valence-corrected chi connectivity index (χ0v) is 13.9. The minimum absolute atomic E-state index is 0.178. The summed E-state index contributed by atoms with van der Waals surface area (Å²) >= 11 is 0. The van der Waals surface area contributed by atoms with Gasteiger partial charge in [0.05, 0.1) is 19.2 Å². The summed E-state index contributed by atoms with van der Waals surface area (Å²) in [7, 11) is 1.25. The molecule has 0 atom stereocenters. The van der Waals surface area contributed by atoms with Crippen molar-refractivity contribution in [2.45, 2.75) is 6.42 Å². The molecule has 3 aromatic rings. The summed E-state index contributed by atoms with van der Waals surface area (Å²) in [6.07, 6.45) is -0.178. The van der Waals surface area contributed by atoms with Gasteiger partial charge in [-0.1, -0.05) is 18.2 Å². The van der Waals surface area contributed by atoms with Crippen LogP contribution in [0.2, 0.25) is 0 Å². The molecule has 0 aliphatic heterocycles. The molecule has 0 radical (unpaired) electrons. The Hall–Kier alpha value is -3.61. The molecule has 2 aromatic carbocycles. The molecular formula is C19H16N2O5. The van der Waals surface area contributed by atoms with Crippen molar-refractivity contribution in [1.82, 2.24) is 4.98 Å². The number of nitrogens with two attached hydrogens (primary N) is 1. The fourth-order valence-corrected chi connectivity index (χ4v) is 2.55. The van der Waals surface area contributed by atoms with Gasteiger partial charge in [-0.05, 0) is 30.3 Å². The second-order valence-electron chi connectivity index (χ2n) is 5.50. The molecule has 3 rings (SSSR count). The molecule has 3 N–H and O–H groups in total. The molecule has 0 aliphatic rings. The van der Waals surface area contributed by atoms with Crippen molar-refractivity contribution in [3.8, 4) is 17.2 Å². The maximum atomic E-state index is 11.7. The van der Waals surface area contributed by atoms with Gasteiger partial charge in [-0.15, -0.1) is 0 Å². The van der Waals surface area contributed by atoms with Crippen molar-refractivity contribution >= 4 is 22.6 Å². The number of aromatic hydroxyl groups is 1. The lowest BCUT2D eigenvalue weighted by molar-refractivity contribution is -0.139. The number of benzene rings is 2. The molecule has 0 saturated carbocycles. The number of pyridine rings is 1. The Morgan fingerprint density at radius 1 is 1.08 bits per heavy atom. The van der Waals surface area contributed by atoms with Crippen LogP contribution in [0.1, 0.15) is 16.2 Å². The topological polar surface area (TPSA) is 112 Å². The maximum Gasteiger partial charge on any atom is 0.311 e. The van der Waals surface area contributed by atoms with Gasteiger partial charge in [0, 0.05) is 10.8 Å². The summed E-state index contributed by atoms with van der Waals surface area (Å²) in [6.45, 7) is 0. The number of primary amides is 1. The Morgan fingerprint density at radius 2 is 1.81 bits per heavy atom. The molecule has 0 unspecified atom stereocenters. The van der Waals surface area contributed by atoms with E-state index in [4.69, 9.17) is 10.5 Å². The molecule has 1 heterocycles. The predicted molar refractivity (Wildman–Crippen MR) is 94.2 cm³/mol. The zero-order valence-electron chi connectivity index (χ0n) is 13.9. The number of aromatic nitrogens is 1. The molecule has 7 heteroatoms. The number of hydrogen-bond donors (Lipinski definition) is 2. The van der Waals surface area contributed by atoms with Gasteiger partial charge in [-0.3, -0.25) is 9.59 Å². The van der Waals surface area contributed by atoms with Gasteiger partial charge >= 0.3 is 5.97 Å². The van der Waals surface area contributed by atoms with Crippen molar-refractivity contribution in [1.29, 1.82) is 0 Å². The standard InChI is InChI=1S/C19H16N2O5/c1-25-16(22)10-15-14-9-12(26-11-5-3-2-4-6-11)7-8-13(14)18(23)17(21-15)19(20)24/h2-9,23H,10H2,1H3,(H2,20,24). The van der Waals surface area contributed by atoms with Gasteiger partial charge in [-0.2, -0.15) is 0 Å². The highest BCUT2D eigenvalue weighted by Crippen LogP contribution is 2.33. The third-order valence-electron chi connectivity index (χ3n) is 3.78. The summed E-state index contributed by atoms with van der Waals surface area (Å²) in [5.41, 5.74) is 5.23. The van der Waals surface area contributed by atoms with E-state index < -0.39 is 11.9 Å². The molecule has 7 nitrogen and oxygen atoms in total. The number of methoxy groups -OCH3 is 1. The maximum absolute atomic E-state index is 11.7. The SMILES string of the molecule is COC(=O)Cc1nc(C(N)=O)c(O)c2ccc(Oc3ccccc3)cc12. The van der Waals surface area contributed by atoms with Crippen molar-refractivity contribution in [2.24, 2.45) is 5.73 Å². The van der Waals surface area contributed by atoms with Gasteiger partial charge in [0.15, 0.2) is 11.4 Å². The van der Waals surface area contributed by atoms with Crippen LogP contribution in [0, 0.1) is 0 Å². The van der Waals surface area contributed by atoms with Crippen LogP contribution < -0.4 is 10.5 Å². The lowest BCUT2D eigenvalue weighted by Crippen LogP contribution is -2.16. The van der Waals surface area contributed by atoms with Crippen LogP contribution in [-0.4, -0.2) is 29.1 Å². The number of ether oxygens (including phenoxy) is 2. The average Bonchev–Trinajstić information content (AvgIpc) is 2.64. The number of carbonyl (C=O) groups is 2. The van der Waals surface area contributed by atoms with E-state index in [1.165, 1.54) is 7.11 Å². The second kappa shape index (κ2) is 7.10. The zero-order chi connectivity index (χ0) is 18.7. The fraction of sp³-hybridized carbons (Fsp3) is 0.105. The fourth-order valence-electron chi connectivity index (χ4n) is 2.55. The third-order valence-corrected chi connectivity index (χ3v) is 3.78. The summed E-state index contributed by atoms with van der Waals surface area (Å²) in [6, 6.07) is 14.0. The normalized spacial score (nSPS) is 10.5. The van der Waals surface area contributed by atoms with Crippen molar-refractivity contribution in [2.75, 3.05) is 7.11 Å². The lowest BCUT2D eigenvalue weighted by Gasteiger charge is -2.12. The van der Waals surface area contributed by atoms with E-state index in [1.807, 2.05) is 18.2 Å². The second-order valence-corrected chi connectivity index (χ2v) is 5.50. The van der Waals surface area contributed by atoms with E-state index in [1.54, 1.807) is 30.3 Å². The van der Waals surface area contributed by atoms with Crippen LogP contribution in [0.15, 0.2) is 48.5 Å². The van der Waals surface area contributed by atoms with Gasteiger partial charge in [0.2, 0.25) is 0 Å². The van der Waals surface area contributed by atoms with Gasteiger partial charge in [0.1, 0.15) is 11.5 Å². The molecule has 26 heavy (non-hydrogen) atoms. The highest BCUT2D eigenvalue weighted by molar-refractivity contribution is 6.02. The highest BCUT2D eigenvalue weighted by atomic mass is 16.5. The van der Waals surface area contributed by atoms with E-state index in [0.29, 0.717) is 22.3 Å². The van der Waals surface area contributed by atoms with E-state index in [0.717, 1.165) is 0 Å². The average molecular weight is 352 g/mol. The smallest absolute Gasteiger partial charge is 0.311 e. The van der Waals surface area contributed by atoms with Gasteiger partial charge in [0.25, 0.3) is 5.91 Å². The number of fused-ring (bicyclic) bond motifs is 1. The molecule has 0 saturated heterocycles. The molecule has 132 valence electrons. The number of hydrogen-bond acceptors (Lipinski definition) is 6. The Bertz CT molecular complexity index is 986. The van der Waals surface area contributed by atoms with Crippen LogP contribution in [-0.2, 0) is 16.0 Å². The molecule has 0 bridgehead atoms. The molecule has 0 fully saturated rings. The first kappa shape index (κ1) is 17.2. The molecular weight excluding hydrogens is 336 g/mol. The Morgan fingerprint density at radius 3 is 2.46 bits per heavy atom. The molecule has 0 aliphatic carbocycles. The molecule has 0 spiro atoms. The number of rotatable bonds is 5. The first-order chi connectivity index (χ1) is 12.5. The highest BCUT2D eigenvalue weighted by Gasteiger charge is 2.19. The number of esters is 1. The summed E-state index contributed by atoms with van der Waals surface area (Å²) in [4.78, 5) is 27.3. The minimum Gasteiger partial charge on any atom is -0.505 e. The summed E-state index contributed by atoms with van der Waals surface area (Å²) in [5, 5.41) is 11.1. The molecule has 1 aromatic heterocycles. The number of carbonyl (C=O) groups excluding carboxylic acids is 2. The minimum atomic E-state index is -0.889. The van der Waals surface area contributed by atoms with Gasteiger partial charge in [-0.25, -0.2) is 4.98 Å². The van der Waals surface area contributed by atoms with Crippen molar-refractivity contribution in [3.63, 3.8) is 0 Å². The van der Waals surface area contributed by atoms with Crippen LogP contribution in [0.5, 0.6) is 17.2 Å². The molecule has 1 amide bonds. The third kappa shape index (κ3) is 3.41. The first-order valence-corrected chi connectivity index (χ1v) is 7.74. The number of para-hydroxylation sites is 1. The van der Waals surface area contributed by atoms with Crippen molar-refractivity contribution in [3.05, 3.63) is 59.9 Å². The number of amides is 1. The van der Waals surface area contributed by atoms with E-state index >= 15 is 0 Å². The van der Waals surface area contributed by atoms with E-state index in [-0.39, 0.29) is 23.6 Å². The van der Waals surface area contributed by atoms with E-state index in [2.05, 4.69) is 9.72 Å². The van der Waals surface area contributed by atoms with Crippen LogP contribution in [0.25, 0.3) is 10.8 Å². The Kier molecular flexibility index (Phi) is 4.70. The quantitative estimate of drug-likeness (QED) is 0.683. The van der Waals surface area contributed by atoms with Crippen LogP contribution in [0.4, 0.5) is 0 Å². The Labute approximate surface area is 149 Å². The van der Waals surface area contributed by atoms with Crippen LogP contribution in [0.3, 0.4) is 0 Å². The first-order valence-electron chi connectivity index (χ1n) is 7.74. The predicted octanol–water partition coefficient (Wildman–Crippen LogP) is 2.55. The van der Waals surface area contributed by atoms with E-state index in [9.17, 15) is 14.7 Å². The van der Waals surface area contributed by atoms with Crippen molar-refractivity contribution < 1.29 is 24.2 Å².